The normalized spacial score (nSPS) is 16.0. The van der Waals surface area contributed by atoms with Crippen molar-refractivity contribution < 1.29 is 13.2 Å². The summed E-state index contributed by atoms with van der Waals surface area (Å²) in [6.45, 7) is 3.72. The predicted molar refractivity (Wildman–Crippen MR) is 102 cm³/mol. The molecule has 0 atom stereocenters. The van der Waals surface area contributed by atoms with Crippen LogP contribution in [-0.2, 0) is 16.4 Å². The van der Waals surface area contributed by atoms with Crippen molar-refractivity contribution >= 4 is 27.3 Å². The molecule has 1 aliphatic rings. The zero-order chi connectivity index (χ0) is 18.6. The lowest BCUT2D eigenvalue weighted by Gasteiger charge is -2.32. The highest BCUT2D eigenvalue weighted by Gasteiger charge is 2.25. The van der Waals surface area contributed by atoms with Crippen LogP contribution in [0.1, 0.15) is 35.0 Å². The summed E-state index contributed by atoms with van der Waals surface area (Å²) in [5.74, 6) is 0.258. The number of nitrogens with one attached hydrogen (secondary N) is 1. The molecule has 1 saturated heterocycles. The molecule has 0 aromatic carbocycles. The van der Waals surface area contributed by atoms with Crippen molar-refractivity contribution in [2.24, 2.45) is 5.92 Å². The second-order valence-corrected chi connectivity index (χ2v) is 9.56. The highest BCUT2D eigenvalue weighted by molar-refractivity contribution is 7.91. The van der Waals surface area contributed by atoms with Crippen LogP contribution >= 0.6 is 11.3 Å². The third-order valence-corrected chi connectivity index (χ3v) is 7.79. The molecule has 3 rings (SSSR count). The lowest BCUT2D eigenvalue weighted by atomic mass is 9.97. The smallest absolute Gasteiger partial charge is 0.253 e. The van der Waals surface area contributed by atoms with Crippen LogP contribution in [0.5, 0.6) is 0 Å². The summed E-state index contributed by atoms with van der Waals surface area (Å²) in [6, 6.07) is 6.96. The third-order valence-electron chi connectivity index (χ3n) is 4.64. The van der Waals surface area contributed by atoms with Crippen molar-refractivity contribution in [3.05, 3.63) is 47.1 Å². The van der Waals surface area contributed by atoms with E-state index in [4.69, 9.17) is 0 Å². The number of hydrogen-bond donors (Lipinski definition) is 1. The largest absolute Gasteiger partial charge is 0.339 e. The summed E-state index contributed by atoms with van der Waals surface area (Å²) in [4.78, 5) is 19.2. The quantitative estimate of drug-likeness (QED) is 0.818. The predicted octanol–water partition coefficient (Wildman–Crippen LogP) is 2.54. The van der Waals surface area contributed by atoms with E-state index in [1.807, 2.05) is 17.9 Å². The van der Waals surface area contributed by atoms with Crippen LogP contribution in [0.25, 0.3) is 0 Å². The van der Waals surface area contributed by atoms with Gasteiger partial charge in [0.2, 0.25) is 10.0 Å². The average molecular weight is 394 g/mol. The first-order chi connectivity index (χ1) is 12.5. The fourth-order valence-corrected chi connectivity index (χ4v) is 5.46. The van der Waals surface area contributed by atoms with Gasteiger partial charge in [0.15, 0.2) is 0 Å². The first kappa shape index (κ1) is 19.0. The number of thiophene rings is 1. The molecule has 26 heavy (non-hydrogen) atoms. The Morgan fingerprint density at radius 3 is 2.54 bits per heavy atom. The maximum Gasteiger partial charge on any atom is 0.253 e. The minimum atomic E-state index is -3.44. The number of sulfonamides is 1. The molecule has 0 aliphatic carbocycles. The van der Waals surface area contributed by atoms with Gasteiger partial charge < -0.3 is 4.90 Å². The number of rotatable bonds is 6. The molecule has 0 radical (unpaired) electrons. The van der Waals surface area contributed by atoms with Gasteiger partial charge in [-0.25, -0.2) is 13.1 Å². The van der Waals surface area contributed by atoms with Crippen molar-refractivity contribution in [2.45, 2.75) is 30.4 Å². The molecule has 1 amide bonds. The lowest BCUT2D eigenvalue weighted by molar-refractivity contribution is 0.0692. The van der Waals surface area contributed by atoms with E-state index in [1.165, 1.54) is 11.3 Å². The third kappa shape index (κ3) is 4.49. The molecule has 1 aliphatic heterocycles. The molecule has 2 aromatic heterocycles. The van der Waals surface area contributed by atoms with Crippen LogP contribution in [-0.4, -0.2) is 43.8 Å². The number of carbonyl (C=O) groups excluding carboxylic acids is 1. The number of aryl methyl sites for hydroxylation is 1. The summed E-state index contributed by atoms with van der Waals surface area (Å²) < 4.78 is 27.9. The van der Waals surface area contributed by atoms with Crippen LogP contribution in [0.3, 0.4) is 0 Å². The maximum absolute atomic E-state index is 12.4. The van der Waals surface area contributed by atoms with E-state index in [0.717, 1.165) is 24.1 Å². The van der Waals surface area contributed by atoms with Gasteiger partial charge in [0.05, 0.1) is 0 Å². The Hall–Kier alpha value is -1.77. The zero-order valence-corrected chi connectivity index (χ0v) is 16.4. The second kappa shape index (κ2) is 8.28. The Labute approximate surface area is 158 Å². The van der Waals surface area contributed by atoms with E-state index >= 15 is 0 Å². The van der Waals surface area contributed by atoms with Crippen LogP contribution in [0, 0.1) is 5.92 Å². The van der Waals surface area contributed by atoms with E-state index in [2.05, 4.69) is 9.71 Å². The van der Waals surface area contributed by atoms with Crippen molar-refractivity contribution in [3.8, 4) is 0 Å². The number of amides is 1. The minimum absolute atomic E-state index is 0.0112. The van der Waals surface area contributed by atoms with Gasteiger partial charge in [-0.05, 0) is 49.4 Å². The van der Waals surface area contributed by atoms with E-state index in [1.54, 1.807) is 30.6 Å². The molecule has 0 unspecified atom stereocenters. The first-order valence-corrected chi connectivity index (χ1v) is 11.1. The standard InChI is InChI=1S/C18H23N3O3S2/c1-2-16-3-4-17(25-16)26(23,24)20-13-14-7-11-21(12-8-14)18(22)15-5-9-19-10-6-15/h3-6,9-10,14,20H,2,7-8,11-13H2,1H3. The van der Waals surface area contributed by atoms with Crippen LogP contribution in [0.2, 0.25) is 0 Å². The number of carbonyl (C=O) groups is 1. The maximum atomic E-state index is 12.4. The molecule has 140 valence electrons. The number of pyridine rings is 1. The summed E-state index contributed by atoms with van der Waals surface area (Å²) in [5.41, 5.74) is 0.642. The van der Waals surface area contributed by atoms with Crippen LogP contribution < -0.4 is 4.72 Å². The van der Waals surface area contributed by atoms with Gasteiger partial charge >= 0.3 is 0 Å². The molecule has 0 bridgehead atoms. The van der Waals surface area contributed by atoms with Gasteiger partial charge in [-0.1, -0.05) is 6.92 Å². The summed E-state index contributed by atoms with van der Waals surface area (Å²) in [6.07, 6.45) is 5.66. The van der Waals surface area contributed by atoms with Crippen LogP contribution in [0.4, 0.5) is 0 Å². The Bertz CT molecular complexity index is 842. The zero-order valence-electron chi connectivity index (χ0n) is 14.7. The Balaban J connectivity index is 1.50. The van der Waals surface area contributed by atoms with Crippen molar-refractivity contribution in [1.82, 2.24) is 14.6 Å². The minimum Gasteiger partial charge on any atom is -0.339 e. The number of likely N-dealkylation sites (tertiary alicyclic amines) is 1. The Kier molecular flexibility index (Phi) is 6.05. The number of aromatic nitrogens is 1. The fraction of sp³-hybridized carbons (Fsp3) is 0.444. The molecule has 0 spiro atoms. The highest BCUT2D eigenvalue weighted by atomic mass is 32.2. The molecule has 1 N–H and O–H groups in total. The molecule has 6 nitrogen and oxygen atoms in total. The topological polar surface area (TPSA) is 79.4 Å². The van der Waals surface area contributed by atoms with Gasteiger partial charge in [-0.3, -0.25) is 9.78 Å². The SMILES string of the molecule is CCc1ccc(S(=O)(=O)NCC2CCN(C(=O)c3ccncc3)CC2)s1. The van der Waals surface area contributed by atoms with Gasteiger partial charge in [-0.15, -0.1) is 11.3 Å². The van der Waals surface area contributed by atoms with Crippen molar-refractivity contribution in [3.63, 3.8) is 0 Å². The van der Waals surface area contributed by atoms with Gasteiger partial charge in [-0.2, -0.15) is 0 Å². The Morgan fingerprint density at radius 1 is 1.23 bits per heavy atom. The lowest BCUT2D eigenvalue weighted by Crippen LogP contribution is -2.41. The van der Waals surface area contributed by atoms with E-state index in [0.29, 0.717) is 29.4 Å². The Morgan fingerprint density at radius 2 is 1.92 bits per heavy atom. The molecule has 0 saturated carbocycles. The average Bonchev–Trinajstić information content (AvgIpc) is 3.17. The highest BCUT2D eigenvalue weighted by Crippen LogP contribution is 2.23. The summed E-state index contributed by atoms with van der Waals surface area (Å²) in [7, 11) is -3.44. The molecular weight excluding hydrogens is 370 g/mol. The van der Waals surface area contributed by atoms with Gasteiger partial charge in [0, 0.05) is 42.5 Å². The number of nitrogens with zero attached hydrogens (tertiary/aromatic N) is 2. The molecule has 8 heteroatoms. The summed E-state index contributed by atoms with van der Waals surface area (Å²) >= 11 is 1.32. The molecule has 3 heterocycles. The van der Waals surface area contributed by atoms with E-state index in [-0.39, 0.29) is 11.8 Å². The van der Waals surface area contributed by atoms with Gasteiger partial charge in [0.25, 0.3) is 5.91 Å². The summed E-state index contributed by atoms with van der Waals surface area (Å²) in [5, 5.41) is 0. The number of hydrogen-bond acceptors (Lipinski definition) is 5. The fourth-order valence-electron chi connectivity index (χ4n) is 3.01. The van der Waals surface area contributed by atoms with Crippen molar-refractivity contribution in [2.75, 3.05) is 19.6 Å². The molecule has 1 fully saturated rings. The second-order valence-electron chi connectivity index (χ2n) is 6.40. The molecule has 2 aromatic rings. The first-order valence-electron chi connectivity index (χ1n) is 8.77. The van der Waals surface area contributed by atoms with Crippen LogP contribution in [0.15, 0.2) is 40.9 Å². The van der Waals surface area contributed by atoms with Crippen molar-refractivity contribution in [1.29, 1.82) is 0 Å². The van der Waals surface area contributed by atoms with Gasteiger partial charge in [0.1, 0.15) is 4.21 Å². The van der Waals surface area contributed by atoms with E-state index < -0.39 is 10.0 Å². The monoisotopic (exact) mass is 393 g/mol. The molecular formula is C18H23N3O3S2. The van der Waals surface area contributed by atoms with E-state index in [9.17, 15) is 13.2 Å². The number of piperidine rings is 1.